The van der Waals surface area contributed by atoms with Gasteiger partial charge in [-0.15, -0.1) is 0 Å². The van der Waals surface area contributed by atoms with Gasteiger partial charge >= 0.3 is 0 Å². The molecule has 0 bridgehead atoms. The van der Waals surface area contributed by atoms with Gasteiger partial charge in [-0.1, -0.05) is 23.9 Å². The van der Waals surface area contributed by atoms with E-state index < -0.39 is 0 Å². The van der Waals surface area contributed by atoms with Crippen LogP contribution in [-0.4, -0.2) is 40.8 Å². The predicted molar refractivity (Wildman–Crippen MR) is 82.5 cm³/mol. The van der Waals surface area contributed by atoms with Gasteiger partial charge in [-0.2, -0.15) is 0 Å². The molecule has 7 heteroatoms. The van der Waals surface area contributed by atoms with Crippen LogP contribution in [0.15, 0.2) is 30.3 Å². The van der Waals surface area contributed by atoms with Gasteiger partial charge < -0.3 is 11.1 Å². The van der Waals surface area contributed by atoms with Crippen molar-refractivity contribution in [3.8, 4) is 0 Å². The second-order valence-corrected chi connectivity index (χ2v) is 5.32. The minimum Gasteiger partial charge on any atom is -0.399 e. The Balaban J connectivity index is 1.76. The van der Waals surface area contributed by atoms with Crippen LogP contribution in [0.3, 0.4) is 0 Å². The summed E-state index contributed by atoms with van der Waals surface area (Å²) in [4.78, 5) is 35.4. The molecule has 0 unspecified atom stereocenters. The average Bonchev–Trinajstić information content (AvgIpc) is 2.78. The van der Waals surface area contributed by atoms with Crippen LogP contribution in [0.5, 0.6) is 0 Å². The highest BCUT2D eigenvalue weighted by Crippen LogP contribution is 2.17. The summed E-state index contributed by atoms with van der Waals surface area (Å²) in [7, 11) is 0. The largest absolute Gasteiger partial charge is 0.399 e. The van der Waals surface area contributed by atoms with E-state index in [0.717, 1.165) is 22.2 Å². The Kier molecular flexibility index (Phi) is 4.99. The summed E-state index contributed by atoms with van der Waals surface area (Å²) in [5.74, 6) is -0.306. The van der Waals surface area contributed by atoms with Gasteiger partial charge in [-0.05, 0) is 23.8 Å². The number of rotatable bonds is 5. The van der Waals surface area contributed by atoms with E-state index >= 15 is 0 Å². The zero-order valence-electron chi connectivity index (χ0n) is 11.2. The lowest BCUT2D eigenvalue weighted by Gasteiger charge is -2.12. The Morgan fingerprint density at radius 2 is 2.05 bits per heavy atom. The maximum absolute atomic E-state index is 11.6. The normalized spacial score (nSPS) is 15.0. The molecular formula is C14H15N3O3S. The van der Waals surface area contributed by atoms with Crippen LogP contribution < -0.4 is 11.1 Å². The number of carbonyl (C=O) groups is 3. The fourth-order valence-electron chi connectivity index (χ4n) is 1.73. The van der Waals surface area contributed by atoms with Gasteiger partial charge in [0.1, 0.15) is 0 Å². The molecule has 110 valence electrons. The van der Waals surface area contributed by atoms with Crippen molar-refractivity contribution in [2.45, 2.75) is 0 Å². The van der Waals surface area contributed by atoms with Gasteiger partial charge in [0.15, 0.2) is 0 Å². The molecule has 6 nitrogen and oxygen atoms in total. The van der Waals surface area contributed by atoms with Crippen LogP contribution in [0.2, 0.25) is 0 Å². The topological polar surface area (TPSA) is 92.5 Å². The smallest absolute Gasteiger partial charge is 0.288 e. The van der Waals surface area contributed by atoms with E-state index in [9.17, 15) is 14.4 Å². The van der Waals surface area contributed by atoms with E-state index in [2.05, 4.69) is 5.32 Å². The van der Waals surface area contributed by atoms with Crippen molar-refractivity contribution in [1.82, 2.24) is 10.2 Å². The first-order valence-electron chi connectivity index (χ1n) is 6.35. The summed E-state index contributed by atoms with van der Waals surface area (Å²) in [5, 5.41) is 2.37. The molecule has 1 saturated heterocycles. The minimum absolute atomic E-state index is 0.184. The fraction of sp³-hybridized carbons (Fsp3) is 0.214. The van der Waals surface area contributed by atoms with Crippen molar-refractivity contribution in [1.29, 1.82) is 0 Å². The van der Waals surface area contributed by atoms with Gasteiger partial charge in [-0.3, -0.25) is 19.3 Å². The van der Waals surface area contributed by atoms with Crippen molar-refractivity contribution < 1.29 is 14.4 Å². The molecule has 3 amide bonds. The summed E-state index contributed by atoms with van der Waals surface area (Å²) in [6, 6.07) is 7.11. The molecule has 0 aromatic heterocycles. The maximum atomic E-state index is 11.6. The molecule has 0 aliphatic carbocycles. The van der Waals surface area contributed by atoms with Crippen LogP contribution in [-0.2, 0) is 9.59 Å². The molecule has 0 atom stereocenters. The number of benzene rings is 1. The van der Waals surface area contributed by atoms with Gasteiger partial charge in [0.25, 0.3) is 5.24 Å². The molecule has 0 spiro atoms. The summed E-state index contributed by atoms with van der Waals surface area (Å²) < 4.78 is 0. The van der Waals surface area contributed by atoms with E-state index in [4.69, 9.17) is 5.73 Å². The number of thioether (sulfide) groups is 1. The average molecular weight is 305 g/mol. The lowest BCUT2D eigenvalue weighted by Crippen LogP contribution is -2.37. The Labute approximate surface area is 126 Å². The van der Waals surface area contributed by atoms with Gasteiger partial charge in [-0.25, -0.2) is 0 Å². The molecule has 1 heterocycles. The number of nitrogen functional groups attached to an aromatic ring is 1. The third-order valence-electron chi connectivity index (χ3n) is 2.84. The second kappa shape index (κ2) is 6.94. The molecular weight excluding hydrogens is 290 g/mol. The van der Waals surface area contributed by atoms with Gasteiger partial charge in [0.05, 0.1) is 5.75 Å². The van der Waals surface area contributed by atoms with Crippen molar-refractivity contribution in [2.75, 3.05) is 24.6 Å². The summed E-state index contributed by atoms with van der Waals surface area (Å²) in [6.45, 7) is 0.440. The maximum Gasteiger partial charge on any atom is 0.288 e. The van der Waals surface area contributed by atoms with E-state index in [-0.39, 0.29) is 35.9 Å². The highest BCUT2D eigenvalue weighted by Gasteiger charge is 2.29. The molecule has 1 aromatic rings. The number of nitrogens with one attached hydrogen (secondary N) is 1. The number of anilines is 1. The lowest BCUT2D eigenvalue weighted by atomic mass is 10.2. The number of nitrogens with zero attached hydrogens (tertiary/aromatic N) is 1. The van der Waals surface area contributed by atoms with Crippen LogP contribution in [0, 0.1) is 0 Å². The first kappa shape index (κ1) is 15.1. The van der Waals surface area contributed by atoms with Crippen molar-refractivity contribution in [3.05, 3.63) is 35.9 Å². The Bertz CT molecular complexity index is 568. The summed E-state index contributed by atoms with van der Waals surface area (Å²) in [5.41, 5.74) is 7.09. The quantitative estimate of drug-likeness (QED) is 0.627. The number of carbonyl (C=O) groups excluding carboxylic acids is 3. The molecule has 1 aliphatic rings. The van der Waals surface area contributed by atoms with E-state index in [1.165, 1.54) is 6.08 Å². The highest BCUT2D eigenvalue weighted by atomic mass is 32.2. The molecule has 0 radical (unpaired) electrons. The molecule has 1 aliphatic heterocycles. The Hall–Kier alpha value is -2.28. The third-order valence-corrected chi connectivity index (χ3v) is 3.70. The van der Waals surface area contributed by atoms with Crippen LogP contribution in [0.1, 0.15) is 5.56 Å². The standard InChI is InChI=1S/C14H15N3O3S/c15-11-4-1-10(2-5-11)3-6-12(18)16-7-8-17-13(19)9-21-14(17)20/h1-6H,7-9,15H2,(H,16,18)/b6-3+. The first-order valence-corrected chi connectivity index (χ1v) is 7.33. The monoisotopic (exact) mass is 305 g/mol. The Morgan fingerprint density at radius 1 is 1.33 bits per heavy atom. The zero-order valence-corrected chi connectivity index (χ0v) is 12.1. The molecule has 1 aromatic carbocycles. The van der Waals surface area contributed by atoms with Crippen LogP contribution in [0.4, 0.5) is 10.5 Å². The van der Waals surface area contributed by atoms with E-state index in [0.29, 0.717) is 5.69 Å². The lowest BCUT2D eigenvalue weighted by molar-refractivity contribution is -0.125. The predicted octanol–water partition coefficient (Wildman–Crippen LogP) is 1.09. The van der Waals surface area contributed by atoms with Crippen molar-refractivity contribution >= 4 is 40.6 Å². The van der Waals surface area contributed by atoms with Crippen molar-refractivity contribution in [3.63, 3.8) is 0 Å². The number of amides is 3. The minimum atomic E-state index is -0.279. The van der Waals surface area contributed by atoms with Crippen molar-refractivity contribution in [2.24, 2.45) is 0 Å². The summed E-state index contributed by atoms with van der Waals surface area (Å²) in [6.07, 6.45) is 3.06. The third kappa shape index (κ3) is 4.35. The molecule has 21 heavy (non-hydrogen) atoms. The summed E-state index contributed by atoms with van der Waals surface area (Å²) >= 11 is 0.982. The number of hydrogen-bond acceptors (Lipinski definition) is 5. The fourth-order valence-corrected chi connectivity index (χ4v) is 2.48. The van der Waals surface area contributed by atoms with Gasteiger partial charge in [0.2, 0.25) is 11.8 Å². The first-order chi connectivity index (χ1) is 10.1. The number of imide groups is 1. The number of nitrogens with two attached hydrogens (primary N) is 1. The Morgan fingerprint density at radius 3 is 2.67 bits per heavy atom. The van der Waals surface area contributed by atoms with Gasteiger partial charge in [0, 0.05) is 24.9 Å². The second-order valence-electron chi connectivity index (χ2n) is 4.39. The molecule has 0 saturated carbocycles. The highest BCUT2D eigenvalue weighted by molar-refractivity contribution is 8.14. The van der Waals surface area contributed by atoms with E-state index in [1.54, 1.807) is 30.3 Å². The van der Waals surface area contributed by atoms with E-state index in [1.807, 2.05) is 0 Å². The molecule has 2 rings (SSSR count). The zero-order chi connectivity index (χ0) is 15.2. The van der Waals surface area contributed by atoms with Crippen LogP contribution >= 0.6 is 11.8 Å². The molecule has 1 fully saturated rings. The SMILES string of the molecule is Nc1ccc(/C=C/C(=O)NCCN2C(=O)CSC2=O)cc1. The number of hydrogen-bond donors (Lipinski definition) is 2. The van der Waals surface area contributed by atoms with Crippen LogP contribution in [0.25, 0.3) is 6.08 Å². The molecule has 3 N–H and O–H groups in total.